The Hall–Kier alpha value is -3.72. The molecule has 1 N–H and O–H groups in total. The van der Waals surface area contributed by atoms with Crippen LogP contribution in [0.3, 0.4) is 0 Å². The van der Waals surface area contributed by atoms with Gasteiger partial charge in [-0.05, 0) is 85.6 Å². The minimum atomic E-state index is -3.74. The van der Waals surface area contributed by atoms with E-state index in [2.05, 4.69) is 9.62 Å². The fraction of sp³-hybridized carbons (Fsp3) is 0.296. The minimum Gasteiger partial charge on any atom is -0.497 e. The number of carbonyl (C=O) groups is 1. The first-order chi connectivity index (χ1) is 17.2. The van der Waals surface area contributed by atoms with E-state index in [1.807, 2.05) is 44.2 Å². The molecule has 1 saturated heterocycles. The summed E-state index contributed by atoms with van der Waals surface area (Å²) in [5, 5.41) is 0. The molecule has 9 heteroatoms. The van der Waals surface area contributed by atoms with E-state index in [9.17, 15) is 13.2 Å². The average molecular weight is 510 g/mol. The summed E-state index contributed by atoms with van der Waals surface area (Å²) < 4.78 is 38.9. The highest BCUT2D eigenvalue weighted by molar-refractivity contribution is 7.92. The highest BCUT2D eigenvalue weighted by atomic mass is 32.2. The second kappa shape index (κ2) is 10.9. The summed E-state index contributed by atoms with van der Waals surface area (Å²) >= 11 is 0. The number of rotatable bonds is 8. The monoisotopic (exact) mass is 509 g/mol. The summed E-state index contributed by atoms with van der Waals surface area (Å²) in [6, 6.07) is 19.5. The van der Waals surface area contributed by atoms with Crippen LogP contribution in [0.15, 0.2) is 71.6 Å². The lowest BCUT2D eigenvalue weighted by Gasteiger charge is -2.36. The van der Waals surface area contributed by atoms with Gasteiger partial charge in [0.1, 0.15) is 11.5 Å². The number of hydrogen-bond acceptors (Lipinski definition) is 6. The molecule has 3 aromatic rings. The van der Waals surface area contributed by atoms with Crippen LogP contribution in [0, 0.1) is 13.8 Å². The zero-order valence-corrected chi connectivity index (χ0v) is 21.5. The first-order valence-electron chi connectivity index (χ1n) is 11.7. The fourth-order valence-electron chi connectivity index (χ4n) is 4.21. The maximum absolute atomic E-state index is 12.7. The summed E-state index contributed by atoms with van der Waals surface area (Å²) in [4.78, 5) is 16.8. The number of ether oxygens (including phenoxy) is 2. The molecule has 0 saturated carbocycles. The standard InChI is InChI=1S/C27H31N3O5S/c1-20-16-21(2)18-22(17-20)28-36(32,33)26-10-8-25(9-11-26)35-19-27(31)30-14-12-29(13-15-30)23-4-6-24(34-3)7-5-23/h4-11,16-18,28H,12-15,19H2,1-3H3. The molecule has 190 valence electrons. The van der Waals surface area contributed by atoms with E-state index in [1.165, 1.54) is 12.1 Å². The Labute approximate surface area is 212 Å². The predicted molar refractivity (Wildman–Crippen MR) is 140 cm³/mol. The van der Waals surface area contributed by atoms with Crippen molar-refractivity contribution in [2.24, 2.45) is 0 Å². The smallest absolute Gasteiger partial charge is 0.261 e. The van der Waals surface area contributed by atoms with Gasteiger partial charge in [0.25, 0.3) is 15.9 Å². The molecule has 0 bridgehead atoms. The average Bonchev–Trinajstić information content (AvgIpc) is 2.87. The van der Waals surface area contributed by atoms with Gasteiger partial charge < -0.3 is 19.3 Å². The molecular weight excluding hydrogens is 478 g/mol. The van der Waals surface area contributed by atoms with Crippen LogP contribution in [0.2, 0.25) is 0 Å². The topological polar surface area (TPSA) is 88.2 Å². The van der Waals surface area contributed by atoms with E-state index in [-0.39, 0.29) is 17.4 Å². The third kappa shape index (κ3) is 6.28. The van der Waals surface area contributed by atoms with E-state index in [0.29, 0.717) is 24.5 Å². The van der Waals surface area contributed by atoms with Crippen molar-refractivity contribution < 1.29 is 22.7 Å². The summed E-state index contributed by atoms with van der Waals surface area (Å²) in [6.45, 7) is 6.41. The number of amides is 1. The molecule has 1 aliphatic heterocycles. The number of sulfonamides is 1. The van der Waals surface area contributed by atoms with Crippen molar-refractivity contribution in [3.05, 3.63) is 77.9 Å². The number of nitrogens with one attached hydrogen (secondary N) is 1. The number of nitrogens with zero attached hydrogens (tertiary/aromatic N) is 2. The van der Waals surface area contributed by atoms with Crippen LogP contribution in [0.5, 0.6) is 11.5 Å². The van der Waals surface area contributed by atoms with E-state index in [1.54, 1.807) is 36.3 Å². The molecule has 0 atom stereocenters. The number of carbonyl (C=O) groups excluding carboxylic acids is 1. The van der Waals surface area contributed by atoms with Crippen LogP contribution in [0.25, 0.3) is 0 Å². The first-order valence-corrected chi connectivity index (χ1v) is 13.2. The van der Waals surface area contributed by atoms with E-state index in [0.717, 1.165) is 35.7 Å². The van der Waals surface area contributed by atoms with Gasteiger partial charge in [0.05, 0.1) is 12.0 Å². The Morgan fingerprint density at radius 3 is 2.03 bits per heavy atom. The van der Waals surface area contributed by atoms with Crippen LogP contribution in [-0.4, -0.2) is 59.1 Å². The number of benzene rings is 3. The van der Waals surface area contributed by atoms with Crippen molar-refractivity contribution in [2.45, 2.75) is 18.7 Å². The molecule has 3 aromatic carbocycles. The number of anilines is 2. The molecule has 0 radical (unpaired) electrons. The number of hydrogen-bond donors (Lipinski definition) is 1. The van der Waals surface area contributed by atoms with Gasteiger partial charge in [-0.25, -0.2) is 8.42 Å². The summed E-state index contributed by atoms with van der Waals surface area (Å²) in [5.41, 5.74) is 3.57. The van der Waals surface area contributed by atoms with Crippen molar-refractivity contribution in [1.82, 2.24) is 4.90 Å². The molecule has 1 fully saturated rings. The summed E-state index contributed by atoms with van der Waals surface area (Å²) in [6.07, 6.45) is 0. The van der Waals surface area contributed by atoms with E-state index < -0.39 is 10.0 Å². The maximum Gasteiger partial charge on any atom is 0.261 e. The zero-order valence-electron chi connectivity index (χ0n) is 20.7. The molecule has 0 unspecified atom stereocenters. The Kier molecular flexibility index (Phi) is 7.69. The number of piperazine rings is 1. The maximum atomic E-state index is 12.7. The fourth-order valence-corrected chi connectivity index (χ4v) is 5.25. The van der Waals surface area contributed by atoms with Crippen molar-refractivity contribution in [3.63, 3.8) is 0 Å². The molecule has 36 heavy (non-hydrogen) atoms. The Morgan fingerprint density at radius 2 is 1.44 bits per heavy atom. The van der Waals surface area contributed by atoms with Crippen molar-refractivity contribution >= 4 is 27.3 Å². The molecule has 0 aromatic heterocycles. The van der Waals surface area contributed by atoms with Gasteiger partial charge in [0, 0.05) is 37.6 Å². The predicted octanol–water partition coefficient (Wildman–Crippen LogP) is 3.84. The van der Waals surface area contributed by atoms with Crippen molar-refractivity contribution in [3.8, 4) is 11.5 Å². The number of methoxy groups -OCH3 is 1. The summed E-state index contributed by atoms with van der Waals surface area (Å²) in [5.74, 6) is 1.15. The second-order valence-corrected chi connectivity index (χ2v) is 10.5. The van der Waals surface area contributed by atoms with Crippen LogP contribution in [0.4, 0.5) is 11.4 Å². The third-order valence-corrected chi connectivity index (χ3v) is 7.44. The van der Waals surface area contributed by atoms with Crippen LogP contribution < -0.4 is 19.1 Å². The highest BCUT2D eigenvalue weighted by Crippen LogP contribution is 2.22. The lowest BCUT2D eigenvalue weighted by Crippen LogP contribution is -2.50. The Morgan fingerprint density at radius 1 is 0.861 bits per heavy atom. The first kappa shape index (κ1) is 25.4. The second-order valence-electron chi connectivity index (χ2n) is 8.81. The van der Waals surface area contributed by atoms with Crippen LogP contribution in [-0.2, 0) is 14.8 Å². The Bertz CT molecular complexity index is 1280. The number of aryl methyl sites for hydroxylation is 2. The SMILES string of the molecule is COc1ccc(N2CCN(C(=O)COc3ccc(S(=O)(=O)Nc4cc(C)cc(C)c4)cc3)CC2)cc1. The molecular formula is C27H31N3O5S. The van der Waals surface area contributed by atoms with Gasteiger partial charge in [-0.3, -0.25) is 9.52 Å². The zero-order chi connectivity index (χ0) is 25.7. The molecule has 1 aliphatic rings. The van der Waals surface area contributed by atoms with Gasteiger partial charge in [0.15, 0.2) is 6.61 Å². The van der Waals surface area contributed by atoms with Gasteiger partial charge in [-0.2, -0.15) is 0 Å². The van der Waals surface area contributed by atoms with Gasteiger partial charge in [-0.15, -0.1) is 0 Å². The van der Waals surface area contributed by atoms with Crippen LogP contribution in [0.1, 0.15) is 11.1 Å². The van der Waals surface area contributed by atoms with Crippen LogP contribution >= 0.6 is 0 Å². The minimum absolute atomic E-state index is 0.0995. The molecule has 1 amide bonds. The molecule has 4 rings (SSSR count). The largest absolute Gasteiger partial charge is 0.497 e. The normalized spacial score (nSPS) is 13.9. The van der Waals surface area contributed by atoms with Gasteiger partial charge >= 0.3 is 0 Å². The molecule has 1 heterocycles. The Balaban J connectivity index is 1.28. The lowest BCUT2D eigenvalue weighted by atomic mass is 10.1. The van der Waals surface area contributed by atoms with E-state index >= 15 is 0 Å². The van der Waals surface area contributed by atoms with Crippen molar-refractivity contribution in [2.75, 3.05) is 49.5 Å². The third-order valence-electron chi connectivity index (χ3n) is 6.04. The molecule has 0 aliphatic carbocycles. The van der Waals surface area contributed by atoms with E-state index in [4.69, 9.17) is 9.47 Å². The van der Waals surface area contributed by atoms with Gasteiger partial charge in [-0.1, -0.05) is 6.07 Å². The molecule has 8 nitrogen and oxygen atoms in total. The highest BCUT2D eigenvalue weighted by Gasteiger charge is 2.22. The quantitative estimate of drug-likeness (QED) is 0.497. The lowest BCUT2D eigenvalue weighted by molar-refractivity contribution is -0.133. The van der Waals surface area contributed by atoms with Gasteiger partial charge in [0.2, 0.25) is 0 Å². The van der Waals surface area contributed by atoms with Crippen molar-refractivity contribution in [1.29, 1.82) is 0 Å². The molecule has 0 spiro atoms. The summed E-state index contributed by atoms with van der Waals surface area (Å²) in [7, 11) is -2.10.